The third kappa shape index (κ3) is 3.66. The minimum absolute atomic E-state index is 0.000515. The van der Waals surface area contributed by atoms with E-state index in [9.17, 15) is 4.79 Å². The fourth-order valence-corrected chi connectivity index (χ4v) is 2.73. The summed E-state index contributed by atoms with van der Waals surface area (Å²) in [5, 5.41) is 2.88. The number of pyridine rings is 1. The number of carbonyl (C=O) groups is 1. The summed E-state index contributed by atoms with van der Waals surface area (Å²) in [6, 6.07) is 8.91. The lowest BCUT2D eigenvalue weighted by Gasteiger charge is -2.11. The van der Waals surface area contributed by atoms with Crippen molar-refractivity contribution in [2.75, 3.05) is 20.0 Å². The summed E-state index contributed by atoms with van der Waals surface area (Å²) in [5.41, 5.74) is 1.44. The van der Waals surface area contributed by atoms with Gasteiger partial charge in [-0.25, -0.2) is 4.98 Å². The molecule has 7 heteroatoms. The number of amides is 1. The lowest BCUT2D eigenvalue weighted by molar-refractivity contribution is 0.0949. The Bertz CT molecular complexity index is 774. The van der Waals surface area contributed by atoms with Gasteiger partial charge < -0.3 is 24.3 Å². The molecule has 0 saturated carbocycles. The Morgan fingerprint density at radius 1 is 1.24 bits per heavy atom. The fraction of sp³-hybridized carbons (Fsp3) is 0.333. The molecule has 0 aliphatic carbocycles. The van der Waals surface area contributed by atoms with Crippen molar-refractivity contribution < 1.29 is 23.7 Å². The molecular weight excluding hydrogens is 324 g/mol. The van der Waals surface area contributed by atoms with E-state index in [1.165, 1.54) is 0 Å². The summed E-state index contributed by atoms with van der Waals surface area (Å²) in [6.07, 6.45) is 2.41. The van der Waals surface area contributed by atoms with Crippen molar-refractivity contribution in [3.05, 3.63) is 47.7 Å². The zero-order valence-corrected chi connectivity index (χ0v) is 13.6. The number of hydrogen-bond donors (Lipinski definition) is 1. The molecule has 1 aromatic carbocycles. The van der Waals surface area contributed by atoms with E-state index in [0.717, 1.165) is 17.7 Å². The van der Waals surface area contributed by atoms with Crippen LogP contribution in [0.25, 0.3) is 0 Å². The zero-order chi connectivity index (χ0) is 17.1. The molecule has 2 aliphatic heterocycles. The molecule has 1 fully saturated rings. The van der Waals surface area contributed by atoms with E-state index >= 15 is 0 Å². The summed E-state index contributed by atoms with van der Waals surface area (Å²) in [5.74, 6) is 1.67. The average molecular weight is 342 g/mol. The van der Waals surface area contributed by atoms with Crippen molar-refractivity contribution in [1.29, 1.82) is 0 Å². The van der Waals surface area contributed by atoms with E-state index < -0.39 is 0 Å². The summed E-state index contributed by atoms with van der Waals surface area (Å²) in [4.78, 5) is 16.5. The van der Waals surface area contributed by atoms with Crippen LogP contribution in [0.15, 0.2) is 36.5 Å². The highest BCUT2D eigenvalue weighted by Gasteiger charge is 2.18. The van der Waals surface area contributed by atoms with Crippen LogP contribution in [0.5, 0.6) is 17.4 Å². The molecule has 4 rings (SSSR count). The lowest BCUT2D eigenvalue weighted by atomic mass is 10.2. The molecule has 0 radical (unpaired) electrons. The third-order valence-corrected chi connectivity index (χ3v) is 4.06. The van der Waals surface area contributed by atoms with Gasteiger partial charge in [0.15, 0.2) is 11.5 Å². The summed E-state index contributed by atoms with van der Waals surface area (Å²) in [6.45, 7) is 1.88. The van der Waals surface area contributed by atoms with Crippen LogP contribution in [0.1, 0.15) is 22.3 Å². The van der Waals surface area contributed by atoms with E-state index in [2.05, 4.69) is 10.3 Å². The van der Waals surface area contributed by atoms with Gasteiger partial charge in [-0.15, -0.1) is 0 Å². The van der Waals surface area contributed by atoms with Crippen molar-refractivity contribution >= 4 is 5.91 Å². The van der Waals surface area contributed by atoms with Gasteiger partial charge in [0.05, 0.1) is 13.2 Å². The number of rotatable bonds is 5. The zero-order valence-electron chi connectivity index (χ0n) is 13.6. The maximum absolute atomic E-state index is 12.4. The van der Waals surface area contributed by atoms with E-state index in [-0.39, 0.29) is 18.8 Å². The van der Waals surface area contributed by atoms with E-state index in [1.807, 2.05) is 18.2 Å². The van der Waals surface area contributed by atoms with Crippen LogP contribution in [0.2, 0.25) is 0 Å². The fourth-order valence-electron chi connectivity index (χ4n) is 2.73. The monoisotopic (exact) mass is 342 g/mol. The highest BCUT2D eigenvalue weighted by atomic mass is 16.7. The van der Waals surface area contributed by atoms with Gasteiger partial charge in [0, 0.05) is 30.8 Å². The maximum atomic E-state index is 12.4. The van der Waals surface area contributed by atoms with E-state index in [4.69, 9.17) is 18.9 Å². The summed E-state index contributed by atoms with van der Waals surface area (Å²) in [7, 11) is 0. The van der Waals surface area contributed by atoms with Gasteiger partial charge in [-0.2, -0.15) is 0 Å². The minimum atomic E-state index is -0.187. The second-order valence-corrected chi connectivity index (χ2v) is 5.86. The third-order valence-electron chi connectivity index (χ3n) is 4.06. The number of carbonyl (C=O) groups excluding carboxylic acids is 1. The Hall–Kier alpha value is -2.80. The molecule has 2 aromatic rings. The smallest absolute Gasteiger partial charge is 0.251 e. The number of nitrogens with zero attached hydrogens (tertiary/aromatic N) is 1. The van der Waals surface area contributed by atoms with Crippen molar-refractivity contribution in [1.82, 2.24) is 10.3 Å². The van der Waals surface area contributed by atoms with Crippen LogP contribution < -0.4 is 19.5 Å². The second-order valence-electron chi connectivity index (χ2n) is 5.86. The summed E-state index contributed by atoms with van der Waals surface area (Å²) >= 11 is 0. The first kappa shape index (κ1) is 15.7. The van der Waals surface area contributed by atoms with E-state index in [1.54, 1.807) is 18.3 Å². The van der Waals surface area contributed by atoms with Gasteiger partial charge in [-0.3, -0.25) is 4.79 Å². The van der Waals surface area contributed by atoms with Crippen molar-refractivity contribution in [2.45, 2.75) is 19.1 Å². The Balaban J connectivity index is 1.37. The molecule has 7 nitrogen and oxygen atoms in total. The van der Waals surface area contributed by atoms with Gasteiger partial charge in [0.1, 0.15) is 6.10 Å². The SMILES string of the molecule is O=C(NCc1ccc2c(c1)OCO2)c1ccnc(O[C@@H]2CCOC2)c1. The van der Waals surface area contributed by atoms with Crippen molar-refractivity contribution in [2.24, 2.45) is 0 Å². The maximum Gasteiger partial charge on any atom is 0.251 e. The number of aromatic nitrogens is 1. The first-order valence-corrected chi connectivity index (χ1v) is 8.15. The Labute approximate surface area is 144 Å². The van der Waals surface area contributed by atoms with Crippen LogP contribution >= 0.6 is 0 Å². The molecular formula is C18H18N2O5. The lowest BCUT2D eigenvalue weighted by Crippen LogP contribution is -2.23. The average Bonchev–Trinajstić information content (AvgIpc) is 3.31. The van der Waals surface area contributed by atoms with Crippen molar-refractivity contribution in [3.8, 4) is 17.4 Å². The van der Waals surface area contributed by atoms with Gasteiger partial charge in [0.25, 0.3) is 5.91 Å². The van der Waals surface area contributed by atoms with Gasteiger partial charge in [0.2, 0.25) is 12.7 Å². The molecule has 1 saturated heterocycles. The predicted molar refractivity (Wildman–Crippen MR) is 87.8 cm³/mol. The number of hydrogen-bond acceptors (Lipinski definition) is 6. The first-order valence-electron chi connectivity index (χ1n) is 8.15. The quantitative estimate of drug-likeness (QED) is 0.894. The highest BCUT2D eigenvalue weighted by Crippen LogP contribution is 2.32. The normalized spacial score (nSPS) is 18.2. The largest absolute Gasteiger partial charge is 0.472 e. The first-order chi connectivity index (χ1) is 12.3. The Morgan fingerprint density at radius 3 is 3.04 bits per heavy atom. The second kappa shape index (κ2) is 6.98. The number of fused-ring (bicyclic) bond motifs is 1. The molecule has 1 atom stereocenters. The number of benzene rings is 1. The predicted octanol–water partition coefficient (Wildman–Crippen LogP) is 1.91. The molecule has 1 amide bonds. The van der Waals surface area contributed by atoms with E-state index in [0.29, 0.717) is 37.0 Å². The van der Waals surface area contributed by atoms with Crippen LogP contribution in [-0.4, -0.2) is 37.0 Å². The van der Waals surface area contributed by atoms with Crippen LogP contribution in [0.3, 0.4) is 0 Å². The topological polar surface area (TPSA) is 78.9 Å². The number of nitrogens with one attached hydrogen (secondary N) is 1. The van der Waals surface area contributed by atoms with Crippen molar-refractivity contribution in [3.63, 3.8) is 0 Å². The van der Waals surface area contributed by atoms with Crippen LogP contribution in [0.4, 0.5) is 0 Å². The van der Waals surface area contributed by atoms with Gasteiger partial charge >= 0.3 is 0 Å². The molecule has 0 unspecified atom stereocenters. The molecule has 2 aliphatic rings. The highest BCUT2D eigenvalue weighted by molar-refractivity contribution is 5.94. The molecule has 1 aromatic heterocycles. The Morgan fingerprint density at radius 2 is 2.16 bits per heavy atom. The molecule has 25 heavy (non-hydrogen) atoms. The van der Waals surface area contributed by atoms with Gasteiger partial charge in [-0.1, -0.05) is 6.07 Å². The molecule has 0 bridgehead atoms. The molecule has 0 spiro atoms. The molecule has 130 valence electrons. The minimum Gasteiger partial charge on any atom is -0.472 e. The molecule has 3 heterocycles. The summed E-state index contributed by atoms with van der Waals surface area (Å²) < 4.78 is 21.6. The van der Waals surface area contributed by atoms with Crippen LogP contribution in [-0.2, 0) is 11.3 Å². The standard InChI is InChI=1S/C18H18N2O5/c21-18(20-9-12-1-2-15-16(7-12)24-11-23-15)13-3-5-19-17(8-13)25-14-4-6-22-10-14/h1-3,5,7-8,14H,4,6,9-11H2,(H,20,21)/t14-/m1/s1. The van der Waals surface area contributed by atoms with Gasteiger partial charge in [-0.05, 0) is 23.8 Å². The van der Waals surface area contributed by atoms with Crippen LogP contribution in [0, 0.1) is 0 Å². The Kier molecular flexibility index (Phi) is 4.39. The number of ether oxygens (including phenoxy) is 4. The molecule has 1 N–H and O–H groups in total.